The molecule has 3 rings (SSSR count). The predicted octanol–water partition coefficient (Wildman–Crippen LogP) is 2.32. The number of benzene rings is 2. The first-order valence-electron chi connectivity index (χ1n) is 10.2. The molecule has 0 saturated carbocycles. The molecule has 1 aliphatic heterocycles. The summed E-state index contributed by atoms with van der Waals surface area (Å²) in [4.78, 5) is 16.9. The van der Waals surface area contributed by atoms with Crippen molar-refractivity contribution in [2.45, 2.75) is 0 Å². The Kier molecular flexibility index (Phi) is 7.70. The molecular formula is C23H29N3O4S. The van der Waals surface area contributed by atoms with Crippen molar-refractivity contribution in [1.82, 2.24) is 9.80 Å². The van der Waals surface area contributed by atoms with Crippen molar-refractivity contribution in [3.8, 4) is 5.75 Å². The van der Waals surface area contributed by atoms with E-state index in [0.29, 0.717) is 24.5 Å². The molecule has 0 bridgehead atoms. The smallest absolute Gasteiger partial charge is 0.243 e. The maximum Gasteiger partial charge on any atom is 0.243 e. The Hall–Kier alpha value is -2.84. The van der Waals surface area contributed by atoms with E-state index in [2.05, 4.69) is 29.2 Å². The molecule has 0 atom stereocenters. The predicted molar refractivity (Wildman–Crippen MR) is 124 cm³/mol. The van der Waals surface area contributed by atoms with Crippen LogP contribution in [0, 0.1) is 0 Å². The topological polar surface area (TPSA) is 70.2 Å². The molecule has 0 N–H and O–H groups in total. The lowest BCUT2D eigenvalue weighted by Crippen LogP contribution is -2.51. The van der Waals surface area contributed by atoms with E-state index in [1.807, 2.05) is 18.2 Å². The van der Waals surface area contributed by atoms with Crippen LogP contribution in [-0.4, -0.2) is 76.8 Å². The number of carbonyl (C=O) groups is 1. The van der Waals surface area contributed by atoms with Crippen LogP contribution in [0.25, 0.3) is 6.08 Å². The summed E-state index contributed by atoms with van der Waals surface area (Å²) < 4.78 is 31.0. The van der Waals surface area contributed by atoms with Gasteiger partial charge in [-0.2, -0.15) is 0 Å². The fourth-order valence-corrected chi connectivity index (χ4v) is 4.31. The highest BCUT2D eigenvalue weighted by molar-refractivity contribution is 7.92. The van der Waals surface area contributed by atoms with Crippen molar-refractivity contribution < 1.29 is 17.9 Å². The number of hydrogen-bond donors (Lipinski definition) is 0. The molecule has 0 aliphatic carbocycles. The molecule has 1 amide bonds. The zero-order valence-corrected chi connectivity index (χ0v) is 18.8. The first-order chi connectivity index (χ1) is 14.9. The second-order valence-electron chi connectivity index (χ2n) is 7.47. The quantitative estimate of drug-likeness (QED) is 0.626. The third-order valence-electron chi connectivity index (χ3n) is 5.22. The van der Waals surface area contributed by atoms with Crippen molar-refractivity contribution in [3.63, 3.8) is 0 Å². The van der Waals surface area contributed by atoms with Gasteiger partial charge >= 0.3 is 0 Å². The van der Waals surface area contributed by atoms with Crippen LogP contribution in [0.15, 0.2) is 60.7 Å². The first-order valence-corrected chi connectivity index (χ1v) is 12.0. The average Bonchev–Trinajstić information content (AvgIpc) is 2.77. The number of methoxy groups -OCH3 is 1. The maximum absolute atomic E-state index is 12.8. The number of nitrogens with zero attached hydrogens (tertiary/aromatic N) is 3. The van der Waals surface area contributed by atoms with Gasteiger partial charge in [0.2, 0.25) is 15.9 Å². The van der Waals surface area contributed by atoms with Crippen LogP contribution in [0.4, 0.5) is 5.69 Å². The van der Waals surface area contributed by atoms with E-state index in [1.165, 1.54) is 7.11 Å². The summed E-state index contributed by atoms with van der Waals surface area (Å²) in [7, 11) is -2.10. The Morgan fingerprint density at radius 1 is 1.06 bits per heavy atom. The van der Waals surface area contributed by atoms with Gasteiger partial charge < -0.3 is 9.64 Å². The zero-order chi connectivity index (χ0) is 22.3. The monoisotopic (exact) mass is 443 g/mol. The van der Waals surface area contributed by atoms with Crippen LogP contribution in [0.2, 0.25) is 0 Å². The van der Waals surface area contributed by atoms with Crippen molar-refractivity contribution in [1.29, 1.82) is 0 Å². The second kappa shape index (κ2) is 10.5. The summed E-state index contributed by atoms with van der Waals surface area (Å²) in [5, 5.41) is 0. The molecular weight excluding hydrogens is 414 g/mol. The summed E-state index contributed by atoms with van der Waals surface area (Å²) in [6, 6.07) is 16.8. The SMILES string of the molecule is COc1cccc(N(CC(=O)N2CCN(C/C=C/c3ccccc3)CC2)S(C)(=O)=O)c1. The van der Waals surface area contributed by atoms with Crippen molar-refractivity contribution in [3.05, 3.63) is 66.2 Å². The Balaban J connectivity index is 1.56. The van der Waals surface area contributed by atoms with E-state index in [1.54, 1.807) is 29.2 Å². The highest BCUT2D eigenvalue weighted by Crippen LogP contribution is 2.23. The molecule has 1 heterocycles. The molecule has 7 nitrogen and oxygen atoms in total. The number of amides is 1. The van der Waals surface area contributed by atoms with Crippen LogP contribution >= 0.6 is 0 Å². The van der Waals surface area contributed by atoms with Crippen molar-refractivity contribution in [2.24, 2.45) is 0 Å². The van der Waals surface area contributed by atoms with Crippen molar-refractivity contribution in [2.75, 3.05) is 56.9 Å². The third-order valence-corrected chi connectivity index (χ3v) is 6.36. The molecule has 2 aromatic rings. The molecule has 1 fully saturated rings. The van der Waals surface area contributed by atoms with Gasteiger partial charge in [0, 0.05) is 38.8 Å². The number of anilines is 1. The summed E-state index contributed by atoms with van der Waals surface area (Å²) in [6.45, 7) is 3.25. The Morgan fingerprint density at radius 2 is 1.77 bits per heavy atom. The van der Waals surface area contributed by atoms with E-state index >= 15 is 0 Å². The molecule has 31 heavy (non-hydrogen) atoms. The number of hydrogen-bond acceptors (Lipinski definition) is 5. The van der Waals surface area contributed by atoms with Gasteiger partial charge in [0.25, 0.3) is 0 Å². The van der Waals surface area contributed by atoms with Gasteiger partial charge in [-0.05, 0) is 17.7 Å². The van der Waals surface area contributed by atoms with E-state index in [-0.39, 0.29) is 12.5 Å². The number of piperazine rings is 1. The minimum absolute atomic E-state index is 0.201. The highest BCUT2D eigenvalue weighted by atomic mass is 32.2. The molecule has 0 radical (unpaired) electrons. The molecule has 2 aromatic carbocycles. The zero-order valence-electron chi connectivity index (χ0n) is 18.0. The van der Waals surface area contributed by atoms with Gasteiger partial charge in [-0.3, -0.25) is 14.0 Å². The van der Waals surface area contributed by atoms with Gasteiger partial charge in [0.15, 0.2) is 0 Å². The molecule has 0 aromatic heterocycles. The molecule has 0 unspecified atom stereocenters. The third kappa shape index (κ3) is 6.57. The van der Waals surface area contributed by atoms with Crippen molar-refractivity contribution >= 4 is 27.7 Å². The fourth-order valence-electron chi connectivity index (χ4n) is 3.47. The maximum atomic E-state index is 12.8. The standard InChI is InChI=1S/C23H29N3O4S/c1-30-22-12-6-11-21(18-22)26(31(2,28)29)19-23(27)25-16-14-24(15-17-25)13-7-10-20-8-4-3-5-9-20/h3-12,18H,13-17,19H2,1-2H3/b10-7+. The summed E-state index contributed by atoms with van der Waals surface area (Å²) >= 11 is 0. The van der Waals surface area contributed by atoms with E-state index < -0.39 is 10.0 Å². The summed E-state index contributed by atoms with van der Waals surface area (Å²) in [5.41, 5.74) is 1.58. The molecule has 1 saturated heterocycles. The fraction of sp³-hybridized carbons (Fsp3) is 0.348. The number of carbonyl (C=O) groups excluding carboxylic acids is 1. The number of sulfonamides is 1. The summed E-state index contributed by atoms with van der Waals surface area (Å²) in [5.74, 6) is 0.337. The lowest BCUT2D eigenvalue weighted by Gasteiger charge is -2.35. The molecule has 166 valence electrons. The summed E-state index contributed by atoms with van der Waals surface area (Å²) in [6.07, 6.45) is 5.33. The van der Waals surface area contributed by atoms with Crippen LogP contribution in [0.5, 0.6) is 5.75 Å². The molecule has 0 spiro atoms. The van der Waals surface area contributed by atoms with E-state index in [4.69, 9.17) is 4.74 Å². The average molecular weight is 444 g/mol. The largest absolute Gasteiger partial charge is 0.497 e. The minimum atomic E-state index is -3.62. The Morgan fingerprint density at radius 3 is 2.42 bits per heavy atom. The van der Waals surface area contributed by atoms with Crippen LogP contribution < -0.4 is 9.04 Å². The second-order valence-corrected chi connectivity index (χ2v) is 9.37. The van der Waals surface area contributed by atoms with Gasteiger partial charge in [-0.15, -0.1) is 0 Å². The van der Waals surface area contributed by atoms with Gasteiger partial charge in [0.1, 0.15) is 12.3 Å². The highest BCUT2D eigenvalue weighted by Gasteiger charge is 2.26. The normalized spacial score (nSPS) is 15.2. The first kappa shape index (κ1) is 22.8. The van der Waals surface area contributed by atoms with E-state index in [9.17, 15) is 13.2 Å². The molecule has 1 aliphatic rings. The lowest BCUT2D eigenvalue weighted by atomic mass is 10.2. The van der Waals surface area contributed by atoms with Crippen LogP contribution in [0.3, 0.4) is 0 Å². The van der Waals surface area contributed by atoms with Gasteiger partial charge in [0.05, 0.1) is 19.1 Å². The lowest BCUT2D eigenvalue weighted by molar-refractivity contribution is -0.131. The van der Waals surface area contributed by atoms with Gasteiger partial charge in [-0.25, -0.2) is 8.42 Å². The van der Waals surface area contributed by atoms with Crippen LogP contribution in [-0.2, 0) is 14.8 Å². The Labute approximate surface area is 184 Å². The number of rotatable bonds is 8. The minimum Gasteiger partial charge on any atom is -0.497 e. The van der Waals surface area contributed by atoms with Crippen LogP contribution in [0.1, 0.15) is 5.56 Å². The Bertz CT molecular complexity index is 1000. The van der Waals surface area contributed by atoms with Gasteiger partial charge in [-0.1, -0.05) is 48.6 Å². The molecule has 8 heteroatoms. The van der Waals surface area contributed by atoms with E-state index in [0.717, 1.165) is 35.8 Å². The number of ether oxygens (including phenoxy) is 1.